The molecule has 1 aliphatic rings. The van der Waals surface area contributed by atoms with E-state index in [2.05, 4.69) is 0 Å². The molecule has 0 aliphatic carbocycles. The van der Waals surface area contributed by atoms with Gasteiger partial charge in [-0.15, -0.1) is 0 Å². The number of aryl methyl sites for hydroxylation is 1. The van der Waals surface area contributed by atoms with Gasteiger partial charge < -0.3 is 15.4 Å². The van der Waals surface area contributed by atoms with Crippen molar-refractivity contribution in [1.82, 2.24) is 0 Å². The summed E-state index contributed by atoms with van der Waals surface area (Å²) in [7, 11) is 0.267. The molecule has 1 aliphatic heterocycles. The SMILES string of the molecule is Cc1ccc(N2CC(CN)PC2=O)cc1CC=O. The van der Waals surface area contributed by atoms with Crippen molar-refractivity contribution in [2.45, 2.75) is 19.0 Å². The van der Waals surface area contributed by atoms with Crippen LogP contribution in [0.1, 0.15) is 11.1 Å². The summed E-state index contributed by atoms with van der Waals surface area (Å²) < 4.78 is 0. The van der Waals surface area contributed by atoms with Crippen molar-refractivity contribution in [1.29, 1.82) is 0 Å². The van der Waals surface area contributed by atoms with Crippen LogP contribution in [0.15, 0.2) is 18.2 Å². The van der Waals surface area contributed by atoms with E-state index in [0.29, 0.717) is 19.5 Å². The van der Waals surface area contributed by atoms with E-state index in [1.54, 1.807) is 4.90 Å². The zero-order chi connectivity index (χ0) is 13.1. The first-order valence-corrected chi connectivity index (χ1v) is 7.04. The van der Waals surface area contributed by atoms with E-state index in [9.17, 15) is 9.59 Å². The highest BCUT2D eigenvalue weighted by molar-refractivity contribution is 7.59. The Hall–Kier alpha value is -1.25. The number of aldehydes is 1. The molecular weight excluding hydrogens is 247 g/mol. The van der Waals surface area contributed by atoms with Gasteiger partial charge in [-0.05, 0) is 38.8 Å². The number of carbonyl (C=O) groups excluding carboxylic acids is 2. The van der Waals surface area contributed by atoms with Crippen molar-refractivity contribution >= 4 is 26.2 Å². The molecule has 4 nitrogen and oxygen atoms in total. The third-order valence-electron chi connectivity index (χ3n) is 3.21. The fraction of sp³-hybridized carbons (Fsp3) is 0.385. The highest BCUT2D eigenvalue weighted by Crippen LogP contribution is 2.35. The highest BCUT2D eigenvalue weighted by atomic mass is 31.1. The Bertz CT molecular complexity index is 476. The number of anilines is 1. The summed E-state index contributed by atoms with van der Waals surface area (Å²) in [4.78, 5) is 24.3. The maximum absolute atomic E-state index is 11.9. The molecule has 2 N–H and O–H groups in total. The molecule has 2 unspecified atom stereocenters. The molecule has 1 amide bonds. The number of benzene rings is 1. The second kappa shape index (κ2) is 5.59. The first-order valence-electron chi connectivity index (χ1n) is 5.97. The largest absolute Gasteiger partial charge is 0.330 e. The third-order valence-corrected chi connectivity index (χ3v) is 4.55. The molecule has 5 heteroatoms. The van der Waals surface area contributed by atoms with Crippen molar-refractivity contribution in [3.05, 3.63) is 29.3 Å². The number of amides is 1. The minimum absolute atomic E-state index is 0.145. The van der Waals surface area contributed by atoms with Crippen LogP contribution >= 0.6 is 8.58 Å². The van der Waals surface area contributed by atoms with Gasteiger partial charge in [0.05, 0.1) is 0 Å². The first kappa shape index (κ1) is 13.2. The molecule has 0 aromatic heterocycles. The van der Waals surface area contributed by atoms with E-state index < -0.39 is 0 Å². The minimum atomic E-state index is 0.145. The second-order valence-corrected chi connectivity index (χ2v) is 6.01. The number of nitrogens with zero attached hydrogens (tertiary/aromatic N) is 1. The Morgan fingerprint density at radius 2 is 2.33 bits per heavy atom. The van der Waals surface area contributed by atoms with Gasteiger partial charge in [0, 0.05) is 30.9 Å². The summed E-state index contributed by atoms with van der Waals surface area (Å²) in [5.41, 5.74) is 8.98. The van der Waals surface area contributed by atoms with Crippen LogP contribution in [0.5, 0.6) is 0 Å². The first-order chi connectivity index (χ1) is 8.65. The fourth-order valence-corrected chi connectivity index (χ4v) is 3.21. The van der Waals surface area contributed by atoms with Crippen LogP contribution in [-0.4, -0.2) is 30.7 Å². The van der Waals surface area contributed by atoms with E-state index in [1.807, 2.05) is 25.1 Å². The lowest BCUT2D eigenvalue weighted by Crippen LogP contribution is -2.27. The molecule has 96 valence electrons. The maximum Gasteiger partial charge on any atom is 0.245 e. The van der Waals surface area contributed by atoms with Crippen molar-refractivity contribution < 1.29 is 9.59 Å². The number of hydrogen-bond acceptors (Lipinski definition) is 3. The molecule has 1 heterocycles. The summed E-state index contributed by atoms with van der Waals surface area (Å²) in [6.07, 6.45) is 1.28. The van der Waals surface area contributed by atoms with E-state index in [-0.39, 0.29) is 19.9 Å². The van der Waals surface area contributed by atoms with E-state index in [4.69, 9.17) is 5.73 Å². The van der Waals surface area contributed by atoms with Gasteiger partial charge in [0.15, 0.2) is 0 Å². The Kier molecular flexibility index (Phi) is 4.10. The molecule has 2 rings (SSSR count). The summed E-state index contributed by atoms with van der Waals surface area (Å²) in [5, 5.41) is 0. The normalized spacial score (nSPS) is 20.7. The topological polar surface area (TPSA) is 63.4 Å². The molecule has 0 radical (unpaired) electrons. The predicted octanol–water partition coefficient (Wildman–Crippen LogP) is 1.68. The molecule has 18 heavy (non-hydrogen) atoms. The van der Waals surface area contributed by atoms with Gasteiger partial charge in [0.1, 0.15) is 6.29 Å². The Balaban J connectivity index is 2.26. The molecule has 1 aromatic rings. The second-order valence-electron chi connectivity index (χ2n) is 4.47. The van der Waals surface area contributed by atoms with Crippen molar-refractivity contribution in [2.75, 3.05) is 18.0 Å². The standard InChI is InChI=1S/C13H17N2O2P/c1-9-2-3-11(6-10(9)4-5-16)15-8-12(7-14)18-13(15)17/h2-3,5-6,12,18H,4,7-8,14H2,1H3. The van der Waals surface area contributed by atoms with E-state index >= 15 is 0 Å². The van der Waals surface area contributed by atoms with Crippen molar-refractivity contribution in [2.24, 2.45) is 5.73 Å². The average Bonchev–Trinajstić information content (AvgIpc) is 2.74. The quantitative estimate of drug-likeness (QED) is 0.664. The van der Waals surface area contributed by atoms with Crippen LogP contribution in [0, 0.1) is 6.92 Å². The van der Waals surface area contributed by atoms with Crippen LogP contribution in [0.3, 0.4) is 0 Å². The van der Waals surface area contributed by atoms with Gasteiger partial charge in [0.25, 0.3) is 0 Å². The molecule has 2 atom stereocenters. The summed E-state index contributed by atoms with van der Waals surface area (Å²) in [5.74, 6) is 0. The van der Waals surface area contributed by atoms with E-state index in [1.165, 1.54) is 0 Å². The lowest BCUT2D eigenvalue weighted by atomic mass is 10.1. The Morgan fingerprint density at radius 1 is 1.56 bits per heavy atom. The summed E-state index contributed by atoms with van der Waals surface area (Å²) >= 11 is 0. The highest BCUT2D eigenvalue weighted by Gasteiger charge is 2.29. The number of nitrogens with two attached hydrogens (primary N) is 1. The molecule has 1 saturated heterocycles. The van der Waals surface area contributed by atoms with Gasteiger partial charge in [-0.25, -0.2) is 0 Å². The summed E-state index contributed by atoms with van der Waals surface area (Å²) in [6, 6.07) is 5.83. The van der Waals surface area contributed by atoms with Crippen LogP contribution in [0.2, 0.25) is 0 Å². The molecule has 0 spiro atoms. The van der Waals surface area contributed by atoms with Gasteiger partial charge >= 0.3 is 0 Å². The van der Waals surface area contributed by atoms with Crippen LogP contribution in [0.4, 0.5) is 10.5 Å². The predicted molar refractivity (Wildman–Crippen MR) is 74.8 cm³/mol. The molecule has 0 bridgehead atoms. The average molecular weight is 264 g/mol. The number of carbonyl (C=O) groups is 2. The van der Waals surface area contributed by atoms with Gasteiger partial charge in [-0.3, -0.25) is 4.79 Å². The van der Waals surface area contributed by atoms with Gasteiger partial charge in [-0.1, -0.05) is 6.07 Å². The lowest BCUT2D eigenvalue weighted by molar-refractivity contribution is -0.107. The lowest BCUT2D eigenvalue weighted by Gasteiger charge is -2.17. The summed E-state index contributed by atoms with van der Waals surface area (Å²) in [6.45, 7) is 3.21. The third kappa shape index (κ3) is 2.60. The van der Waals surface area contributed by atoms with Crippen molar-refractivity contribution in [3.63, 3.8) is 0 Å². The van der Waals surface area contributed by atoms with Gasteiger partial charge in [-0.2, -0.15) is 0 Å². The molecule has 1 fully saturated rings. The monoisotopic (exact) mass is 264 g/mol. The number of hydrogen-bond donors (Lipinski definition) is 1. The Labute approximate surface area is 108 Å². The molecular formula is C13H17N2O2P. The maximum atomic E-state index is 11.9. The van der Waals surface area contributed by atoms with Crippen LogP contribution in [-0.2, 0) is 11.2 Å². The minimum Gasteiger partial charge on any atom is -0.330 e. The smallest absolute Gasteiger partial charge is 0.245 e. The fourth-order valence-electron chi connectivity index (χ4n) is 2.09. The zero-order valence-electron chi connectivity index (χ0n) is 10.3. The Morgan fingerprint density at radius 3 is 2.94 bits per heavy atom. The molecule has 0 saturated carbocycles. The molecule has 1 aromatic carbocycles. The van der Waals surface area contributed by atoms with Crippen LogP contribution < -0.4 is 10.6 Å². The number of rotatable bonds is 4. The zero-order valence-corrected chi connectivity index (χ0v) is 11.3. The van der Waals surface area contributed by atoms with E-state index in [0.717, 1.165) is 23.1 Å². The van der Waals surface area contributed by atoms with Gasteiger partial charge in [0.2, 0.25) is 5.65 Å². The van der Waals surface area contributed by atoms with Crippen molar-refractivity contribution in [3.8, 4) is 0 Å². The van der Waals surface area contributed by atoms with Crippen LogP contribution in [0.25, 0.3) is 0 Å².